The minimum atomic E-state index is -0.614. The molecule has 1 rings (SSSR count). The molecule has 0 heterocycles. The van der Waals surface area contributed by atoms with Gasteiger partial charge in [0.05, 0.1) is 7.11 Å². The smallest absolute Gasteiger partial charge is 0.348 e. The molecule has 0 radical (unpaired) electrons. The summed E-state index contributed by atoms with van der Waals surface area (Å²) in [7, 11) is 1.27. The van der Waals surface area contributed by atoms with Crippen LogP contribution in [0.5, 0.6) is 0 Å². The van der Waals surface area contributed by atoms with Crippen LogP contribution in [0.2, 0.25) is 0 Å². The second kappa shape index (κ2) is 7.22. The summed E-state index contributed by atoms with van der Waals surface area (Å²) in [4.78, 5) is 13.6. The maximum absolute atomic E-state index is 11.4. The fourth-order valence-electron chi connectivity index (χ4n) is 1.86. The molecule has 0 saturated heterocycles. The van der Waals surface area contributed by atoms with Crippen molar-refractivity contribution in [1.82, 2.24) is 0 Å². The average Bonchev–Trinajstić information content (AvgIpc) is 2.46. The molecular formula is C15H18N2O2. The lowest BCUT2D eigenvalue weighted by molar-refractivity contribution is -0.135. The van der Waals surface area contributed by atoms with Gasteiger partial charge in [0.25, 0.3) is 0 Å². The molecule has 0 aromatic heterocycles. The maximum Gasteiger partial charge on any atom is 0.348 e. The van der Waals surface area contributed by atoms with E-state index in [4.69, 9.17) is 5.26 Å². The number of hydrogen-bond acceptors (Lipinski definition) is 4. The standard InChI is InChI=1S/C15H18N2O2/c1-4-17(5-2)14-9-7-6-8-12(14)10-13(11-16)15(18)19-3/h6-10H,4-5H2,1-3H3. The van der Waals surface area contributed by atoms with E-state index >= 15 is 0 Å². The Morgan fingerprint density at radius 2 is 2.00 bits per heavy atom. The highest BCUT2D eigenvalue weighted by Crippen LogP contribution is 2.22. The van der Waals surface area contributed by atoms with E-state index in [1.165, 1.54) is 7.11 Å². The third-order valence-electron chi connectivity index (χ3n) is 2.87. The first-order chi connectivity index (χ1) is 9.17. The van der Waals surface area contributed by atoms with Crippen LogP contribution in [-0.2, 0) is 9.53 Å². The Labute approximate surface area is 113 Å². The van der Waals surface area contributed by atoms with Crippen molar-refractivity contribution in [3.8, 4) is 6.07 Å². The zero-order valence-electron chi connectivity index (χ0n) is 11.5. The molecule has 100 valence electrons. The van der Waals surface area contributed by atoms with Crippen LogP contribution < -0.4 is 4.90 Å². The lowest BCUT2D eigenvalue weighted by atomic mass is 10.1. The molecule has 4 heteroatoms. The summed E-state index contributed by atoms with van der Waals surface area (Å²) in [5.74, 6) is -0.614. The number of anilines is 1. The number of esters is 1. The van der Waals surface area contributed by atoms with Crippen molar-refractivity contribution in [2.75, 3.05) is 25.1 Å². The van der Waals surface area contributed by atoms with E-state index in [1.54, 1.807) is 6.08 Å². The fraction of sp³-hybridized carbons (Fsp3) is 0.333. The zero-order chi connectivity index (χ0) is 14.3. The van der Waals surface area contributed by atoms with Gasteiger partial charge in [0.1, 0.15) is 11.6 Å². The highest BCUT2D eigenvalue weighted by Gasteiger charge is 2.11. The molecule has 0 saturated carbocycles. The van der Waals surface area contributed by atoms with E-state index < -0.39 is 5.97 Å². The number of para-hydroxylation sites is 1. The predicted octanol–water partition coefficient (Wildman–Crippen LogP) is 2.61. The summed E-state index contributed by atoms with van der Waals surface area (Å²) in [6, 6.07) is 9.55. The summed E-state index contributed by atoms with van der Waals surface area (Å²) in [5, 5.41) is 9.00. The third-order valence-corrected chi connectivity index (χ3v) is 2.87. The predicted molar refractivity (Wildman–Crippen MR) is 75.6 cm³/mol. The first kappa shape index (κ1) is 14.8. The van der Waals surface area contributed by atoms with Crippen molar-refractivity contribution in [1.29, 1.82) is 5.26 Å². The van der Waals surface area contributed by atoms with Crippen molar-refractivity contribution < 1.29 is 9.53 Å². The van der Waals surface area contributed by atoms with Crippen molar-refractivity contribution in [2.45, 2.75) is 13.8 Å². The molecule has 4 nitrogen and oxygen atoms in total. The van der Waals surface area contributed by atoms with E-state index in [1.807, 2.05) is 30.3 Å². The molecule has 0 spiro atoms. The van der Waals surface area contributed by atoms with Crippen LogP contribution in [-0.4, -0.2) is 26.2 Å². The van der Waals surface area contributed by atoms with Gasteiger partial charge in [0.15, 0.2) is 0 Å². The van der Waals surface area contributed by atoms with E-state index in [9.17, 15) is 4.79 Å². The number of rotatable bonds is 5. The van der Waals surface area contributed by atoms with Crippen LogP contribution in [0.3, 0.4) is 0 Å². The second-order valence-electron chi connectivity index (χ2n) is 3.89. The van der Waals surface area contributed by atoms with Gasteiger partial charge in [-0.05, 0) is 31.6 Å². The van der Waals surface area contributed by atoms with Crippen LogP contribution in [0.15, 0.2) is 29.8 Å². The lowest BCUT2D eigenvalue weighted by Gasteiger charge is -2.23. The van der Waals surface area contributed by atoms with Crippen LogP contribution in [0, 0.1) is 11.3 Å². The molecule has 0 aliphatic heterocycles. The number of methoxy groups -OCH3 is 1. The van der Waals surface area contributed by atoms with Crippen LogP contribution in [0.1, 0.15) is 19.4 Å². The quantitative estimate of drug-likeness (QED) is 0.463. The van der Waals surface area contributed by atoms with Gasteiger partial charge in [-0.2, -0.15) is 5.26 Å². The SMILES string of the molecule is CCN(CC)c1ccccc1C=C(C#N)C(=O)OC. The number of carbonyl (C=O) groups is 1. The topological polar surface area (TPSA) is 53.3 Å². The molecule has 0 aliphatic rings. The largest absolute Gasteiger partial charge is 0.465 e. The van der Waals surface area contributed by atoms with Crippen molar-refractivity contribution in [2.24, 2.45) is 0 Å². The van der Waals surface area contributed by atoms with Crippen LogP contribution in [0.4, 0.5) is 5.69 Å². The van der Waals surface area contributed by atoms with Gasteiger partial charge in [0.2, 0.25) is 0 Å². The number of ether oxygens (including phenoxy) is 1. The molecule has 0 unspecified atom stereocenters. The first-order valence-corrected chi connectivity index (χ1v) is 6.22. The number of benzene rings is 1. The Morgan fingerprint density at radius 1 is 1.37 bits per heavy atom. The summed E-state index contributed by atoms with van der Waals surface area (Å²) < 4.78 is 4.59. The molecule has 1 aromatic carbocycles. The van der Waals surface area contributed by atoms with Gasteiger partial charge in [0, 0.05) is 18.8 Å². The number of hydrogen-bond donors (Lipinski definition) is 0. The van der Waals surface area contributed by atoms with Crippen molar-refractivity contribution >= 4 is 17.7 Å². The molecule has 19 heavy (non-hydrogen) atoms. The Hall–Kier alpha value is -2.28. The van der Waals surface area contributed by atoms with E-state index in [2.05, 4.69) is 23.5 Å². The second-order valence-corrected chi connectivity index (χ2v) is 3.89. The van der Waals surface area contributed by atoms with Gasteiger partial charge < -0.3 is 9.64 Å². The van der Waals surface area contributed by atoms with Gasteiger partial charge in [-0.3, -0.25) is 0 Å². The van der Waals surface area contributed by atoms with Crippen LogP contribution in [0.25, 0.3) is 6.08 Å². The van der Waals surface area contributed by atoms with Gasteiger partial charge in [-0.15, -0.1) is 0 Å². The molecule has 0 aliphatic carbocycles. The molecule has 0 fully saturated rings. The molecule has 0 N–H and O–H groups in total. The number of carbonyl (C=O) groups excluding carboxylic acids is 1. The summed E-state index contributed by atoms with van der Waals surface area (Å²) in [6.07, 6.45) is 1.57. The van der Waals surface area contributed by atoms with E-state index in [-0.39, 0.29) is 5.57 Å². The van der Waals surface area contributed by atoms with E-state index in [0.29, 0.717) is 0 Å². The monoisotopic (exact) mass is 258 g/mol. The number of nitrogens with zero attached hydrogens (tertiary/aromatic N) is 2. The zero-order valence-corrected chi connectivity index (χ0v) is 11.5. The highest BCUT2D eigenvalue weighted by molar-refractivity contribution is 5.98. The highest BCUT2D eigenvalue weighted by atomic mass is 16.5. The minimum absolute atomic E-state index is 0.00195. The third kappa shape index (κ3) is 3.59. The van der Waals surface area contributed by atoms with Crippen molar-refractivity contribution in [3.63, 3.8) is 0 Å². The van der Waals surface area contributed by atoms with Gasteiger partial charge in [-0.1, -0.05) is 18.2 Å². The van der Waals surface area contributed by atoms with E-state index in [0.717, 1.165) is 24.3 Å². The normalized spacial score (nSPS) is 10.7. The molecule has 0 bridgehead atoms. The Bertz CT molecular complexity index is 511. The molecule has 0 amide bonds. The Morgan fingerprint density at radius 3 is 2.53 bits per heavy atom. The summed E-state index contributed by atoms with van der Waals surface area (Å²) in [6.45, 7) is 5.86. The average molecular weight is 258 g/mol. The Kier molecular flexibility index (Phi) is 5.62. The van der Waals surface area contributed by atoms with Crippen LogP contribution >= 0.6 is 0 Å². The fourth-order valence-corrected chi connectivity index (χ4v) is 1.86. The maximum atomic E-state index is 11.4. The first-order valence-electron chi connectivity index (χ1n) is 6.22. The molecule has 1 aromatic rings. The van der Waals surface area contributed by atoms with Crippen molar-refractivity contribution in [3.05, 3.63) is 35.4 Å². The molecular weight excluding hydrogens is 240 g/mol. The Balaban J connectivity index is 3.24. The van der Waals surface area contributed by atoms with Gasteiger partial charge >= 0.3 is 5.97 Å². The summed E-state index contributed by atoms with van der Waals surface area (Å²) in [5.41, 5.74) is 1.85. The minimum Gasteiger partial charge on any atom is -0.465 e. The molecule has 0 atom stereocenters. The summed E-state index contributed by atoms with van der Waals surface area (Å²) >= 11 is 0. The number of nitriles is 1. The lowest BCUT2D eigenvalue weighted by Crippen LogP contribution is -2.22. The van der Waals surface area contributed by atoms with Gasteiger partial charge in [-0.25, -0.2) is 4.79 Å².